The van der Waals surface area contributed by atoms with Gasteiger partial charge in [0.05, 0.1) is 10.5 Å². The van der Waals surface area contributed by atoms with Crippen LogP contribution in [0.15, 0.2) is 36.4 Å². The molecule has 3 atom stereocenters. The van der Waals surface area contributed by atoms with Crippen molar-refractivity contribution in [1.82, 2.24) is 19.7 Å². The molecule has 1 aliphatic carbocycles. The lowest BCUT2D eigenvalue weighted by Crippen LogP contribution is -2.52. The molecular formula is C22H20Cl2N6O3. The first kappa shape index (κ1) is 21.7. The monoisotopic (exact) mass is 486 g/mol. The van der Waals surface area contributed by atoms with E-state index in [1.165, 1.54) is 4.68 Å². The van der Waals surface area contributed by atoms with E-state index < -0.39 is 11.9 Å². The smallest absolute Gasteiger partial charge is 0.269 e. The Kier molecular flexibility index (Phi) is 5.46. The molecule has 2 fully saturated rings. The van der Waals surface area contributed by atoms with Gasteiger partial charge in [0, 0.05) is 11.4 Å². The molecule has 2 aliphatic rings. The van der Waals surface area contributed by atoms with Crippen molar-refractivity contribution >= 4 is 57.6 Å². The number of carbonyl (C=O) groups is 3. The molecule has 1 aromatic carbocycles. The van der Waals surface area contributed by atoms with Crippen LogP contribution in [0.4, 0.5) is 5.82 Å². The average molecular weight is 487 g/mol. The van der Waals surface area contributed by atoms with Crippen molar-refractivity contribution in [1.29, 1.82) is 0 Å². The molecule has 0 spiro atoms. The Balaban J connectivity index is 1.40. The highest BCUT2D eigenvalue weighted by Crippen LogP contribution is 2.43. The molecule has 2 aromatic heterocycles. The number of hydrogen-bond acceptors (Lipinski definition) is 5. The lowest BCUT2D eigenvalue weighted by molar-refractivity contribution is -0.141. The second-order valence-corrected chi connectivity index (χ2v) is 9.08. The van der Waals surface area contributed by atoms with Crippen LogP contribution >= 0.6 is 23.2 Å². The van der Waals surface area contributed by atoms with E-state index in [2.05, 4.69) is 15.4 Å². The fourth-order valence-corrected chi connectivity index (χ4v) is 5.27. The topological polar surface area (TPSA) is 123 Å². The number of piperidine rings is 1. The number of likely N-dealkylation sites (tertiary alicyclic amines) is 1. The van der Waals surface area contributed by atoms with Crippen LogP contribution in [0.1, 0.15) is 29.8 Å². The number of benzene rings is 1. The number of nitrogens with one attached hydrogen (secondary N) is 1. The van der Waals surface area contributed by atoms with E-state index in [0.29, 0.717) is 10.9 Å². The highest BCUT2D eigenvalue weighted by molar-refractivity contribution is 6.41. The van der Waals surface area contributed by atoms with Crippen molar-refractivity contribution in [2.45, 2.75) is 37.9 Å². The largest absolute Gasteiger partial charge is 0.364 e. The van der Waals surface area contributed by atoms with Gasteiger partial charge in [0.1, 0.15) is 23.6 Å². The number of para-hydroxylation sites is 1. The predicted molar refractivity (Wildman–Crippen MR) is 123 cm³/mol. The second-order valence-electron chi connectivity index (χ2n) is 8.32. The number of aromatic nitrogens is 3. The summed E-state index contributed by atoms with van der Waals surface area (Å²) in [7, 11) is 0. The molecule has 0 radical (unpaired) electrons. The number of hydrogen-bond donors (Lipinski definition) is 2. The molecule has 2 bridgehead atoms. The number of fused-ring (bicyclic) bond motifs is 3. The van der Waals surface area contributed by atoms with Gasteiger partial charge in [-0.05, 0) is 43.4 Å². The maximum Gasteiger partial charge on any atom is 0.269 e. The number of nitrogens with two attached hydrogens (primary N) is 1. The Morgan fingerprint density at radius 2 is 1.91 bits per heavy atom. The van der Waals surface area contributed by atoms with Crippen molar-refractivity contribution in [2.75, 3.05) is 5.32 Å². The van der Waals surface area contributed by atoms with Crippen molar-refractivity contribution in [2.24, 2.45) is 11.7 Å². The number of halogens is 2. The zero-order chi connectivity index (χ0) is 23.3. The minimum atomic E-state index is -0.663. The quantitative estimate of drug-likeness (QED) is 0.536. The van der Waals surface area contributed by atoms with Crippen molar-refractivity contribution in [3.63, 3.8) is 0 Å². The molecule has 1 aliphatic heterocycles. The zero-order valence-electron chi connectivity index (χ0n) is 17.4. The van der Waals surface area contributed by atoms with Crippen LogP contribution in [0.5, 0.6) is 0 Å². The molecule has 2 unspecified atom stereocenters. The van der Waals surface area contributed by atoms with E-state index in [9.17, 15) is 14.4 Å². The Bertz CT molecular complexity index is 1290. The fraction of sp³-hybridized carbons (Fsp3) is 0.318. The molecular weight excluding hydrogens is 467 g/mol. The standard InChI is InChI=1S/C22H20Cl2N6O3/c23-14-7-8-16(26-20(14)24)27-22(33)19-11-5-6-12(9-11)30(19)17(31)10-29-15-4-2-1-3-13(15)18(28-29)21(25)32/h1-4,7-8,11-12,19H,5-6,9-10H2,(H2,25,32)(H,26,27,33)/t11-,12?,19?/m0/s1. The van der Waals surface area contributed by atoms with Crippen LogP contribution in [0, 0.1) is 5.92 Å². The molecule has 1 saturated carbocycles. The van der Waals surface area contributed by atoms with Gasteiger partial charge in [-0.15, -0.1) is 0 Å². The highest BCUT2D eigenvalue weighted by Gasteiger charge is 2.51. The van der Waals surface area contributed by atoms with Gasteiger partial charge in [0.2, 0.25) is 11.8 Å². The van der Waals surface area contributed by atoms with Crippen molar-refractivity contribution in [3.05, 3.63) is 52.3 Å². The van der Waals surface area contributed by atoms with Crippen LogP contribution in [0.25, 0.3) is 10.9 Å². The average Bonchev–Trinajstić information content (AvgIpc) is 3.49. The molecule has 3 amide bonds. The van der Waals surface area contributed by atoms with Gasteiger partial charge in [0.15, 0.2) is 5.69 Å². The minimum absolute atomic E-state index is 0.0162. The van der Waals surface area contributed by atoms with Gasteiger partial charge in [-0.2, -0.15) is 5.10 Å². The first-order valence-electron chi connectivity index (χ1n) is 10.5. The Labute approximate surface area is 198 Å². The third kappa shape index (κ3) is 3.81. The minimum Gasteiger partial charge on any atom is -0.364 e. The van der Waals surface area contributed by atoms with E-state index in [0.717, 1.165) is 19.3 Å². The third-order valence-corrected chi connectivity index (χ3v) is 7.06. The van der Waals surface area contributed by atoms with E-state index in [1.807, 2.05) is 0 Å². The summed E-state index contributed by atoms with van der Waals surface area (Å²) in [5.74, 6) is -0.881. The molecule has 3 aromatic rings. The van der Waals surface area contributed by atoms with Crippen LogP contribution in [0.2, 0.25) is 10.2 Å². The number of rotatable bonds is 5. The molecule has 9 nitrogen and oxygen atoms in total. The molecule has 170 valence electrons. The molecule has 1 saturated heterocycles. The van der Waals surface area contributed by atoms with Crippen LogP contribution in [-0.2, 0) is 16.1 Å². The van der Waals surface area contributed by atoms with Crippen LogP contribution < -0.4 is 11.1 Å². The highest BCUT2D eigenvalue weighted by atomic mass is 35.5. The summed E-state index contributed by atoms with van der Waals surface area (Å²) in [6.45, 7) is -0.105. The van der Waals surface area contributed by atoms with E-state index >= 15 is 0 Å². The van der Waals surface area contributed by atoms with Crippen LogP contribution in [-0.4, -0.2) is 49.5 Å². The molecule has 11 heteroatoms. The number of pyridine rings is 1. The molecule has 3 N–H and O–H groups in total. The third-order valence-electron chi connectivity index (χ3n) is 6.37. The van der Waals surface area contributed by atoms with E-state index in [1.54, 1.807) is 41.3 Å². The number of nitrogens with zero attached hydrogens (tertiary/aromatic N) is 4. The lowest BCUT2D eigenvalue weighted by Gasteiger charge is -2.34. The van der Waals surface area contributed by atoms with Gasteiger partial charge in [0.25, 0.3) is 5.91 Å². The number of amides is 3. The number of carbonyl (C=O) groups excluding carboxylic acids is 3. The van der Waals surface area contributed by atoms with Gasteiger partial charge in [-0.25, -0.2) is 4.98 Å². The lowest BCUT2D eigenvalue weighted by atomic mass is 9.97. The zero-order valence-corrected chi connectivity index (χ0v) is 18.9. The normalized spacial score (nSPS) is 21.5. The summed E-state index contributed by atoms with van der Waals surface area (Å²) < 4.78 is 1.47. The van der Waals surface area contributed by atoms with Gasteiger partial charge in [-0.1, -0.05) is 41.4 Å². The summed E-state index contributed by atoms with van der Waals surface area (Å²) in [5.41, 5.74) is 6.21. The Hall–Kier alpha value is -3.17. The number of primary amides is 1. The fourth-order valence-electron chi connectivity index (χ4n) is 5.01. The maximum absolute atomic E-state index is 13.4. The summed E-state index contributed by atoms with van der Waals surface area (Å²) in [6, 6.07) is 9.57. The van der Waals surface area contributed by atoms with Crippen LogP contribution in [0.3, 0.4) is 0 Å². The Morgan fingerprint density at radius 1 is 1.12 bits per heavy atom. The summed E-state index contributed by atoms with van der Waals surface area (Å²) in [5, 5.41) is 8.00. The number of anilines is 1. The molecule has 33 heavy (non-hydrogen) atoms. The second kappa shape index (κ2) is 8.31. The molecule has 5 rings (SSSR count). The van der Waals surface area contributed by atoms with Crippen molar-refractivity contribution < 1.29 is 14.4 Å². The Morgan fingerprint density at radius 3 is 2.67 bits per heavy atom. The summed E-state index contributed by atoms with van der Waals surface area (Å²) in [4.78, 5) is 44.1. The van der Waals surface area contributed by atoms with E-state index in [4.69, 9.17) is 28.9 Å². The first-order valence-corrected chi connectivity index (χ1v) is 11.3. The summed E-state index contributed by atoms with van der Waals surface area (Å²) >= 11 is 11.9. The first-order chi connectivity index (χ1) is 15.8. The van der Waals surface area contributed by atoms with Crippen molar-refractivity contribution in [3.8, 4) is 0 Å². The summed E-state index contributed by atoms with van der Waals surface area (Å²) in [6.07, 6.45) is 2.49. The predicted octanol–water partition coefficient (Wildman–Crippen LogP) is 2.86. The SMILES string of the molecule is NC(=O)c1nn(CC(=O)N2C3CC[C@@H](C3)C2C(=O)Nc2ccc(Cl)c(Cl)n2)c2ccccc12. The van der Waals surface area contributed by atoms with Gasteiger partial charge >= 0.3 is 0 Å². The van der Waals surface area contributed by atoms with E-state index in [-0.39, 0.29) is 52.0 Å². The van der Waals surface area contributed by atoms with Gasteiger partial charge < -0.3 is 16.0 Å². The van der Waals surface area contributed by atoms with Gasteiger partial charge in [-0.3, -0.25) is 19.1 Å². The molecule has 3 heterocycles. The maximum atomic E-state index is 13.4.